The molecule has 0 aromatic carbocycles. The van der Waals surface area contributed by atoms with Gasteiger partial charge in [-0.2, -0.15) is 0 Å². The van der Waals surface area contributed by atoms with Gasteiger partial charge < -0.3 is 15.2 Å². The van der Waals surface area contributed by atoms with E-state index in [-0.39, 0.29) is 5.60 Å². The van der Waals surface area contributed by atoms with E-state index in [0.717, 1.165) is 25.9 Å². The SMILES string of the molecule is CCC1(C)CC(NC2CCCC2CO)CCO1. The highest BCUT2D eigenvalue weighted by atomic mass is 16.5. The minimum Gasteiger partial charge on any atom is -0.396 e. The summed E-state index contributed by atoms with van der Waals surface area (Å²) in [7, 11) is 0. The first-order chi connectivity index (χ1) is 8.17. The highest BCUT2D eigenvalue weighted by Crippen LogP contribution is 2.31. The lowest BCUT2D eigenvalue weighted by Gasteiger charge is -2.39. The molecule has 1 saturated heterocycles. The number of hydrogen-bond donors (Lipinski definition) is 2. The molecule has 1 aliphatic carbocycles. The third-order valence-corrected chi connectivity index (χ3v) is 4.69. The molecule has 2 fully saturated rings. The van der Waals surface area contributed by atoms with Crippen LogP contribution in [0.15, 0.2) is 0 Å². The van der Waals surface area contributed by atoms with Crippen molar-refractivity contribution in [2.75, 3.05) is 13.2 Å². The van der Waals surface area contributed by atoms with Crippen LogP contribution in [-0.4, -0.2) is 36.0 Å². The zero-order valence-corrected chi connectivity index (χ0v) is 11.2. The Labute approximate surface area is 105 Å². The van der Waals surface area contributed by atoms with E-state index in [1.165, 1.54) is 19.3 Å². The van der Waals surface area contributed by atoms with Crippen LogP contribution in [0.2, 0.25) is 0 Å². The summed E-state index contributed by atoms with van der Waals surface area (Å²) < 4.78 is 5.87. The van der Waals surface area contributed by atoms with Gasteiger partial charge in [0, 0.05) is 25.3 Å². The number of nitrogens with one attached hydrogen (secondary N) is 1. The van der Waals surface area contributed by atoms with E-state index in [9.17, 15) is 5.11 Å². The van der Waals surface area contributed by atoms with E-state index in [0.29, 0.717) is 24.6 Å². The van der Waals surface area contributed by atoms with Crippen LogP contribution in [0.4, 0.5) is 0 Å². The average Bonchev–Trinajstić information content (AvgIpc) is 2.76. The van der Waals surface area contributed by atoms with E-state index in [2.05, 4.69) is 19.2 Å². The van der Waals surface area contributed by atoms with Crippen molar-refractivity contribution < 1.29 is 9.84 Å². The van der Waals surface area contributed by atoms with Crippen LogP contribution < -0.4 is 5.32 Å². The zero-order chi connectivity index (χ0) is 12.3. The lowest BCUT2D eigenvalue weighted by atomic mass is 9.89. The highest BCUT2D eigenvalue weighted by Gasteiger charge is 2.34. The molecule has 4 atom stereocenters. The van der Waals surface area contributed by atoms with E-state index in [4.69, 9.17) is 4.74 Å². The summed E-state index contributed by atoms with van der Waals surface area (Å²) >= 11 is 0. The first kappa shape index (κ1) is 13.3. The van der Waals surface area contributed by atoms with Crippen molar-refractivity contribution in [1.29, 1.82) is 0 Å². The minimum atomic E-state index is 0.0588. The lowest BCUT2D eigenvalue weighted by molar-refractivity contribution is -0.0797. The molecule has 100 valence electrons. The van der Waals surface area contributed by atoms with Crippen molar-refractivity contribution >= 4 is 0 Å². The van der Waals surface area contributed by atoms with Gasteiger partial charge in [-0.05, 0) is 44.9 Å². The lowest BCUT2D eigenvalue weighted by Crippen LogP contribution is -2.49. The van der Waals surface area contributed by atoms with Gasteiger partial charge in [0.25, 0.3) is 0 Å². The van der Waals surface area contributed by atoms with Gasteiger partial charge in [0.15, 0.2) is 0 Å². The maximum absolute atomic E-state index is 9.35. The molecule has 3 heteroatoms. The second-order valence-electron chi connectivity index (χ2n) is 5.99. The smallest absolute Gasteiger partial charge is 0.0666 e. The van der Waals surface area contributed by atoms with Crippen LogP contribution >= 0.6 is 0 Å². The van der Waals surface area contributed by atoms with E-state index in [1.54, 1.807) is 0 Å². The van der Waals surface area contributed by atoms with Gasteiger partial charge in [0.05, 0.1) is 5.60 Å². The minimum absolute atomic E-state index is 0.0588. The van der Waals surface area contributed by atoms with Crippen molar-refractivity contribution in [2.24, 2.45) is 5.92 Å². The first-order valence-electron chi connectivity index (χ1n) is 7.18. The van der Waals surface area contributed by atoms with Crippen LogP contribution in [0.1, 0.15) is 52.4 Å². The molecule has 2 aliphatic rings. The normalized spacial score (nSPS) is 42.9. The zero-order valence-electron chi connectivity index (χ0n) is 11.2. The molecule has 3 nitrogen and oxygen atoms in total. The second-order valence-corrected chi connectivity index (χ2v) is 5.99. The Morgan fingerprint density at radius 2 is 2.18 bits per heavy atom. The summed E-state index contributed by atoms with van der Waals surface area (Å²) in [5.41, 5.74) is 0.0588. The summed E-state index contributed by atoms with van der Waals surface area (Å²) in [6.07, 6.45) is 6.98. The second kappa shape index (κ2) is 5.68. The molecule has 0 bridgehead atoms. The van der Waals surface area contributed by atoms with E-state index in [1.807, 2.05) is 0 Å². The Bertz CT molecular complexity index is 246. The molecule has 1 heterocycles. The third-order valence-electron chi connectivity index (χ3n) is 4.69. The molecule has 0 spiro atoms. The summed E-state index contributed by atoms with van der Waals surface area (Å²) in [5.74, 6) is 0.478. The fourth-order valence-electron chi connectivity index (χ4n) is 3.30. The van der Waals surface area contributed by atoms with Gasteiger partial charge in [-0.3, -0.25) is 0 Å². The molecular formula is C14H27NO2. The van der Waals surface area contributed by atoms with E-state index < -0.39 is 0 Å². The first-order valence-corrected chi connectivity index (χ1v) is 7.18. The molecular weight excluding hydrogens is 214 g/mol. The Morgan fingerprint density at radius 1 is 1.35 bits per heavy atom. The van der Waals surface area contributed by atoms with E-state index >= 15 is 0 Å². The van der Waals surface area contributed by atoms with Crippen molar-refractivity contribution in [3.05, 3.63) is 0 Å². The van der Waals surface area contributed by atoms with Crippen LogP contribution in [0.3, 0.4) is 0 Å². The van der Waals surface area contributed by atoms with Gasteiger partial charge in [-0.25, -0.2) is 0 Å². The highest BCUT2D eigenvalue weighted by molar-refractivity contribution is 4.90. The molecule has 0 aromatic rings. The van der Waals surface area contributed by atoms with Gasteiger partial charge >= 0.3 is 0 Å². The summed E-state index contributed by atoms with van der Waals surface area (Å²) in [6, 6.07) is 1.11. The molecule has 17 heavy (non-hydrogen) atoms. The molecule has 0 radical (unpaired) electrons. The van der Waals surface area contributed by atoms with Gasteiger partial charge in [-0.1, -0.05) is 13.3 Å². The van der Waals surface area contributed by atoms with Crippen molar-refractivity contribution in [3.63, 3.8) is 0 Å². The standard InChI is InChI=1S/C14H27NO2/c1-3-14(2)9-12(7-8-17-14)15-13-6-4-5-11(13)10-16/h11-13,15-16H,3-10H2,1-2H3. The Kier molecular flexibility index (Phi) is 4.45. The van der Waals surface area contributed by atoms with Crippen molar-refractivity contribution in [3.8, 4) is 0 Å². The molecule has 1 saturated carbocycles. The topological polar surface area (TPSA) is 41.5 Å². The molecule has 0 amide bonds. The maximum atomic E-state index is 9.35. The fourth-order valence-corrected chi connectivity index (χ4v) is 3.30. The summed E-state index contributed by atoms with van der Waals surface area (Å²) in [6.45, 7) is 5.64. The van der Waals surface area contributed by atoms with Crippen molar-refractivity contribution in [2.45, 2.75) is 70.1 Å². The quantitative estimate of drug-likeness (QED) is 0.792. The Morgan fingerprint density at radius 3 is 2.88 bits per heavy atom. The molecule has 4 unspecified atom stereocenters. The number of hydrogen-bond acceptors (Lipinski definition) is 3. The molecule has 2 N–H and O–H groups in total. The number of rotatable bonds is 4. The maximum Gasteiger partial charge on any atom is 0.0666 e. The fraction of sp³-hybridized carbons (Fsp3) is 1.00. The number of ether oxygens (including phenoxy) is 1. The molecule has 1 aliphatic heterocycles. The van der Waals surface area contributed by atoms with Crippen molar-refractivity contribution in [1.82, 2.24) is 5.32 Å². The Balaban J connectivity index is 1.86. The molecule has 2 rings (SSSR count). The van der Waals surface area contributed by atoms with Crippen LogP contribution in [0.5, 0.6) is 0 Å². The number of aliphatic hydroxyl groups is 1. The third kappa shape index (κ3) is 3.21. The predicted octanol–water partition coefficient (Wildman–Crippen LogP) is 2.08. The summed E-state index contributed by atoms with van der Waals surface area (Å²) in [5, 5.41) is 13.1. The van der Waals surface area contributed by atoms with Gasteiger partial charge in [-0.15, -0.1) is 0 Å². The average molecular weight is 241 g/mol. The van der Waals surface area contributed by atoms with Crippen LogP contribution in [0.25, 0.3) is 0 Å². The van der Waals surface area contributed by atoms with Crippen LogP contribution in [0, 0.1) is 5.92 Å². The Hall–Kier alpha value is -0.120. The van der Waals surface area contributed by atoms with Gasteiger partial charge in [0.2, 0.25) is 0 Å². The number of aliphatic hydroxyl groups excluding tert-OH is 1. The summed E-state index contributed by atoms with van der Waals surface area (Å²) in [4.78, 5) is 0. The van der Waals surface area contributed by atoms with Gasteiger partial charge in [0.1, 0.15) is 0 Å². The monoisotopic (exact) mass is 241 g/mol. The predicted molar refractivity (Wildman–Crippen MR) is 69.0 cm³/mol. The largest absolute Gasteiger partial charge is 0.396 e. The molecule has 0 aromatic heterocycles. The van der Waals surface area contributed by atoms with Crippen LogP contribution in [-0.2, 0) is 4.74 Å².